The van der Waals surface area contributed by atoms with Gasteiger partial charge in [-0.2, -0.15) is 0 Å². The number of benzene rings is 3. The summed E-state index contributed by atoms with van der Waals surface area (Å²) in [7, 11) is 0. The van der Waals surface area contributed by atoms with Crippen molar-refractivity contribution in [3.05, 3.63) is 107 Å². The van der Waals surface area contributed by atoms with Crippen LogP contribution in [0.3, 0.4) is 0 Å². The second-order valence-corrected chi connectivity index (χ2v) is 6.22. The van der Waals surface area contributed by atoms with E-state index in [9.17, 15) is 4.79 Å². The molecular weight excluding hydrogens is 294 g/mol. The molecule has 0 bridgehead atoms. The van der Waals surface area contributed by atoms with E-state index in [0.717, 1.165) is 16.7 Å². The largest absolute Gasteiger partial charge is 0.333 e. The predicted molar refractivity (Wildman–Crippen MR) is 95.4 cm³/mol. The molecule has 2 nitrogen and oxygen atoms in total. The summed E-state index contributed by atoms with van der Waals surface area (Å²) in [4.78, 5) is 15.2. The van der Waals surface area contributed by atoms with Gasteiger partial charge in [-0.1, -0.05) is 84.9 Å². The van der Waals surface area contributed by atoms with Gasteiger partial charge >= 0.3 is 0 Å². The van der Waals surface area contributed by atoms with E-state index in [-0.39, 0.29) is 11.8 Å². The van der Waals surface area contributed by atoms with Crippen LogP contribution in [0.15, 0.2) is 84.9 Å². The Balaban J connectivity index is 1.74. The van der Waals surface area contributed by atoms with Gasteiger partial charge in [0.1, 0.15) is 0 Å². The Morgan fingerprint density at radius 1 is 0.792 bits per heavy atom. The summed E-state index contributed by atoms with van der Waals surface area (Å²) in [5, 5.41) is 0. The Morgan fingerprint density at radius 2 is 1.42 bits per heavy atom. The minimum atomic E-state index is -0.208. The van der Waals surface area contributed by atoms with E-state index in [2.05, 4.69) is 30.3 Å². The molecule has 0 saturated carbocycles. The zero-order chi connectivity index (χ0) is 16.4. The highest BCUT2D eigenvalue weighted by molar-refractivity contribution is 5.89. The third kappa shape index (κ3) is 2.71. The van der Waals surface area contributed by atoms with Gasteiger partial charge in [0, 0.05) is 13.1 Å². The molecular formula is C22H19NO. The summed E-state index contributed by atoms with van der Waals surface area (Å²) >= 11 is 0. The highest BCUT2D eigenvalue weighted by atomic mass is 16.2. The summed E-state index contributed by atoms with van der Waals surface area (Å²) in [5.74, 6) is -0.0244. The van der Waals surface area contributed by atoms with E-state index in [1.165, 1.54) is 5.56 Å². The molecule has 118 valence electrons. The van der Waals surface area contributed by atoms with Gasteiger partial charge in [-0.3, -0.25) is 4.79 Å². The molecule has 0 aliphatic carbocycles. The minimum Gasteiger partial charge on any atom is -0.333 e. The summed E-state index contributed by atoms with van der Waals surface area (Å²) in [5.41, 5.74) is 4.60. The predicted octanol–water partition coefficient (Wildman–Crippen LogP) is 4.36. The number of fused-ring (bicyclic) bond motifs is 1. The van der Waals surface area contributed by atoms with E-state index in [0.29, 0.717) is 13.1 Å². The number of amides is 1. The fraction of sp³-hybridized carbons (Fsp3) is 0.136. The molecule has 2 heteroatoms. The second-order valence-electron chi connectivity index (χ2n) is 6.22. The Labute approximate surface area is 142 Å². The van der Waals surface area contributed by atoms with Crippen molar-refractivity contribution in [2.24, 2.45) is 0 Å². The van der Waals surface area contributed by atoms with Gasteiger partial charge < -0.3 is 4.90 Å². The lowest BCUT2D eigenvalue weighted by molar-refractivity contribution is -0.134. The average Bonchev–Trinajstić information content (AvgIpc) is 2.64. The van der Waals surface area contributed by atoms with Crippen molar-refractivity contribution in [1.82, 2.24) is 4.90 Å². The second kappa shape index (κ2) is 6.32. The normalized spacial score (nSPS) is 16.8. The number of rotatable bonds is 3. The van der Waals surface area contributed by atoms with Gasteiger partial charge in [0.25, 0.3) is 0 Å². The Kier molecular flexibility index (Phi) is 3.87. The van der Waals surface area contributed by atoms with Gasteiger partial charge in [0.05, 0.1) is 5.92 Å². The molecule has 0 N–H and O–H groups in total. The van der Waals surface area contributed by atoms with Gasteiger partial charge in [0.15, 0.2) is 0 Å². The maximum Gasteiger partial charge on any atom is 0.235 e. The van der Waals surface area contributed by atoms with Crippen LogP contribution in [0, 0.1) is 0 Å². The summed E-state index contributed by atoms with van der Waals surface area (Å²) < 4.78 is 0. The topological polar surface area (TPSA) is 20.3 Å². The highest BCUT2D eigenvalue weighted by Gasteiger charge is 2.33. The molecule has 4 rings (SSSR count). The van der Waals surface area contributed by atoms with E-state index >= 15 is 0 Å². The van der Waals surface area contributed by atoms with Crippen LogP contribution in [0.2, 0.25) is 0 Å². The maximum absolute atomic E-state index is 13.2. The monoisotopic (exact) mass is 313 g/mol. The van der Waals surface area contributed by atoms with Gasteiger partial charge in [-0.15, -0.1) is 0 Å². The lowest BCUT2D eigenvalue weighted by atomic mass is 9.84. The van der Waals surface area contributed by atoms with Crippen LogP contribution in [0.25, 0.3) is 0 Å². The Bertz CT molecular complexity index is 842. The van der Waals surface area contributed by atoms with Crippen molar-refractivity contribution >= 4 is 5.91 Å². The summed E-state index contributed by atoms with van der Waals surface area (Å²) in [6.07, 6.45) is 0. The molecule has 24 heavy (non-hydrogen) atoms. The SMILES string of the molecule is O=C1C(c2ccccc2)c2ccccc2CN1Cc1ccccc1. The van der Waals surface area contributed by atoms with Crippen LogP contribution < -0.4 is 0 Å². The van der Waals surface area contributed by atoms with Gasteiger partial charge in [0.2, 0.25) is 5.91 Å². The highest BCUT2D eigenvalue weighted by Crippen LogP contribution is 2.35. The van der Waals surface area contributed by atoms with Crippen molar-refractivity contribution in [2.75, 3.05) is 0 Å². The molecule has 1 unspecified atom stereocenters. The number of carbonyl (C=O) groups is 1. The molecule has 1 atom stereocenters. The molecule has 1 aliphatic heterocycles. The fourth-order valence-electron chi connectivity index (χ4n) is 3.46. The van der Waals surface area contributed by atoms with Crippen molar-refractivity contribution in [1.29, 1.82) is 0 Å². The third-order valence-corrected chi connectivity index (χ3v) is 4.64. The van der Waals surface area contributed by atoms with Crippen molar-refractivity contribution < 1.29 is 4.79 Å². The fourth-order valence-corrected chi connectivity index (χ4v) is 3.46. The summed E-state index contributed by atoms with van der Waals surface area (Å²) in [6, 6.07) is 28.6. The first-order valence-corrected chi connectivity index (χ1v) is 8.28. The van der Waals surface area contributed by atoms with Crippen LogP contribution in [-0.2, 0) is 17.9 Å². The molecule has 0 spiro atoms. The number of hydrogen-bond acceptors (Lipinski definition) is 1. The van der Waals surface area contributed by atoms with Crippen LogP contribution in [-0.4, -0.2) is 10.8 Å². The lowest BCUT2D eigenvalue weighted by Gasteiger charge is -2.34. The number of hydrogen-bond donors (Lipinski definition) is 0. The Hall–Kier alpha value is -2.87. The van der Waals surface area contributed by atoms with E-state index in [4.69, 9.17) is 0 Å². The van der Waals surface area contributed by atoms with Crippen LogP contribution in [0.1, 0.15) is 28.2 Å². The molecule has 1 amide bonds. The molecule has 1 aliphatic rings. The van der Waals surface area contributed by atoms with Crippen molar-refractivity contribution in [2.45, 2.75) is 19.0 Å². The van der Waals surface area contributed by atoms with Crippen LogP contribution in [0.4, 0.5) is 0 Å². The first kappa shape index (κ1) is 14.7. The van der Waals surface area contributed by atoms with Crippen molar-refractivity contribution in [3.63, 3.8) is 0 Å². The van der Waals surface area contributed by atoms with Gasteiger partial charge in [-0.25, -0.2) is 0 Å². The summed E-state index contributed by atoms with van der Waals surface area (Å²) in [6.45, 7) is 1.32. The standard InChI is InChI=1S/C22H19NO/c24-22-21(18-11-5-2-6-12-18)20-14-8-7-13-19(20)16-23(22)15-17-9-3-1-4-10-17/h1-14,21H,15-16H2. The first-order valence-electron chi connectivity index (χ1n) is 8.28. The number of carbonyl (C=O) groups excluding carboxylic acids is 1. The zero-order valence-corrected chi connectivity index (χ0v) is 13.4. The quantitative estimate of drug-likeness (QED) is 0.703. The average molecular weight is 313 g/mol. The zero-order valence-electron chi connectivity index (χ0n) is 13.4. The molecule has 0 radical (unpaired) electrons. The maximum atomic E-state index is 13.2. The van der Waals surface area contributed by atoms with E-state index in [1.807, 2.05) is 59.5 Å². The third-order valence-electron chi connectivity index (χ3n) is 4.64. The first-order chi connectivity index (χ1) is 11.8. The molecule has 1 heterocycles. The molecule has 0 saturated heterocycles. The molecule has 0 aromatic heterocycles. The van der Waals surface area contributed by atoms with E-state index in [1.54, 1.807) is 0 Å². The molecule has 3 aromatic carbocycles. The van der Waals surface area contributed by atoms with Gasteiger partial charge in [-0.05, 0) is 22.3 Å². The lowest BCUT2D eigenvalue weighted by Crippen LogP contribution is -2.39. The smallest absolute Gasteiger partial charge is 0.235 e. The van der Waals surface area contributed by atoms with Crippen LogP contribution in [0.5, 0.6) is 0 Å². The van der Waals surface area contributed by atoms with Crippen LogP contribution >= 0.6 is 0 Å². The van der Waals surface area contributed by atoms with E-state index < -0.39 is 0 Å². The number of nitrogens with zero attached hydrogens (tertiary/aromatic N) is 1. The molecule has 0 fully saturated rings. The molecule has 3 aromatic rings. The minimum absolute atomic E-state index is 0.184. The Morgan fingerprint density at radius 3 is 2.17 bits per heavy atom. The van der Waals surface area contributed by atoms with Crippen molar-refractivity contribution in [3.8, 4) is 0 Å².